The van der Waals surface area contributed by atoms with Crippen LogP contribution in [0.25, 0.3) is 0 Å². The van der Waals surface area contributed by atoms with Gasteiger partial charge in [0.1, 0.15) is 0 Å². The number of allylic oxidation sites excluding steroid dienone is 2. The summed E-state index contributed by atoms with van der Waals surface area (Å²) in [7, 11) is 3.51. The molecule has 130 valence electrons. The summed E-state index contributed by atoms with van der Waals surface area (Å²) in [4.78, 5) is 28.0. The van der Waals surface area contributed by atoms with Crippen LogP contribution >= 0.6 is 0 Å². The van der Waals surface area contributed by atoms with Crippen molar-refractivity contribution in [2.75, 3.05) is 23.9 Å². The summed E-state index contributed by atoms with van der Waals surface area (Å²) in [6.07, 6.45) is 0. The van der Waals surface area contributed by atoms with Gasteiger partial charge in [-0.15, -0.1) is 0 Å². The third-order valence-electron chi connectivity index (χ3n) is 4.38. The molecule has 0 unspecified atom stereocenters. The molecule has 24 heavy (non-hydrogen) atoms. The molecule has 0 radical (unpaired) electrons. The Morgan fingerprint density at radius 1 is 0.625 bits per heavy atom. The standard InChI is InChI=1S/C20H28N2O2/c1-13(2)15(5)19(23)21(7)17-9-11-18(12-10-17)22(8)20(24)16(6)14(3)4/h9-12H,1-8H3. The molecule has 0 aliphatic rings. The van der Waals surface area contributed by atoms with Crippen molar-refractivity contribution in [2.45, 2.75) is 41.5 Å². The summed E-state index contributed by atoms with van der Waals surface area (Å²) >= 11 is 0. The smallest absolute Gasteiger partial charge is 0.253 e. The van der Waals surface area contributed by atoms with Crippen molar-refractivity contribution in [3.8, 4) is 0 Å². The van der Waals surface area contributed by atoms with E-state index in [1.807, 2.05) is 65.8 Å². The summed E-state index contributed by atoms with van der Waals surface area (Å²) in [6, 6.07) is 7.42. The summed E-state index contributed by atoms with van der Waals surface area (Å²) in [5.74, 6) is -0.0415. The third-order valence-corrected chi connectivity index (χ3v) is 4.38. The lowest BCUT2D eigenvalue weighted by atomic mass is 10.1. The minimum atomic E-state index is -0.0208. The van der Waals surface area contributed by atoms with Crippen LogP contribution in [-0.4, -0.2) is 25.9 Å². The van der Waals surface area contributed by atoms with Gasteiger partial charge in [0.25, 0.3) is 11.8 Å². The number of amides is 2. The van der Waals surface area contributed by atoms with Crippen molar-refractivity contribution in [1.29, 1.82) is 0 Å². The average Bonchev–Trinajstić information content (AvgIpc) is 2.57. The van der Waals surface area contributed by atoms with Gasteiger partial charge in [0.05, 0.1) is 0 Å². The summed E-state index contributed by atoms with van der Waals surface area (Å²) in [5.41, 5.74) is 5.09. The Morgan fingerprint density at radius 2 is 0.875 bits per heavy atom. The number of anilines is 2. The maximum Gasteiger partial charge on any atom is 0.253 e. The molecular formula is C20H28N2O2. The lowest BCUT2D eigenvalue weighted by molar-refractivity contribution is -0.115. The molecule has 0 N–H and O–H groups in total. The molecule has 2 amide bonds. The molecule has 4 heteroatoms. The van der Waals surface area contributed by atoms with E-state index in [9.17, 15) is 9.59 Å². The van der Waals surface area contributed by atoms with Crippen LogP contribution < -0.4 is 9.80 Å². The Bertz CT molecular complexity index is 628. The van der Waals surface area contributed by atoms with E-state index in [-0.39, 0.29) is 11.8 Å². The predicted octanol–water partition coefficient (Wildman–Crippen LogP) is 4.32. The monoisotopic (exact) mass is 328 g/mol. The van der Waals surface area contributed by atoms with E-state index in [1.54, 1.807) is 23.9 Å². The molecule has 0 aromatic heterocycles. The van der Waals surface area contributed by atoms with Gasteiger partial charge < -0.3 is 9.80 Å². The number of rotatable bonds is 4. The Kier molecular flexibility index (Phi) is 6.52. The number of benzene rings is 1. The van der Waals surface area contributed by atoms with Gasteiger partial charge in [0.2, 0.25) is 0 Å². The zero-order valence-corrected chi connectivity index (χ0v) is 16.0. The Balaban J connectivity index is 3.02. The molecule has 1 aromatic rings. The van der Waals surface area contributed by atoms with Crippen molar-refractivity contribution >= 4 is 23.2 Å². The van der Waals surface area contributed by atoms with Gasteiger partial charge in [-0.25, -0.2) is 0 Å². The number of carbonyl (C=O) groups excluding carboxylic acids is 2. The molecule has 0 atom stereocenters. The molecular weight excluding hydrogens is 300 g/mol. The maximum absolute atomic E-state index is 12.4. The molecule has 0 saturated heterocycles. The van der Waals surface area contributed by atoms with E-state index >= 15 is 0 Å². The minimum absolute atomic E-state index is 0.0208. The fourth-order valence-corrected chi connectivity index (χ4v) is 2.07. The van der Waals surface area contributed by atoms with Crippen LogP contribution in [0.5, 0.6) is 0 Å². The van der Waals surface area contributed by atoms with Crippen molar-refractivity contribution in [2.24, 2.45) is 0 Å². The first-order valence-electron chi connectivity index (χ1n) is 8.02. The van der Waals surface area contributed by atoms with Gasteiger partial charge in [-0.05, 0) is 65.8 Å². The minimum Gasteiger partial charge on any atom is -0.312 e. The van der Waals surface area contributed by atoms with Crippen LogP contribution in [-0.2, 0) is 9.59 Å². The molecule has 0 heterocycles. The zero-order valence-electron chi connectivity index (χ0n) is 16.0. The first-order valence-corrected chi connectivity index (χ1v) is 8.02. The van der Waals surface area contributed by atoms with E-state index in [1.165, 1.54) is 0 Å². The molecule has 4 nitrogen and oxygen atoms in total. The van der Waals surface area contributed by atoms with Crippen LogP contribution in [0.15, 0.2) is 46.6 Å². The van der Waals surface area contributed by atoms with Gasteiger partial charge >= 0.3 is 0 Å². The summed E-state index contributed by atoms with van der Waals surface area (Å²) in [5, 5.41) is 0. The highest BCUT2D eigenvalue weighted by atomic mass is 16.2. The second-order valence-electron chi connectivity index (χ2n) is 6.49. The van der Waals surface area contributed by atoms with Crippen molar-refractivity contribution < 1.29 is 9.59 Å². The maximum atomic E-state index is 12.4. The summed E-state index contributed by atoms with van der Waals surface area (Å²) < 4.78 is 0. The molecule has 1 rings (SSSR count). The van der Waals surface area contributed by atoms with Crippen LogP contribution in [0.1, 0.15) is 41.5 Å². The molecule has 0 aliphatic heterocycles. The van der Waals surface area contributed by atoms with Gasteiger partial charge in [0, 0.05) is 36.6 Å². The van der Waals surface area contributed by atoms with Crippen LogP contribution in [0, 0.1) is 0 Å². The third kappa shape index (κ3) is 4.34. The zero-order chi connectivity index (χ0) is 18.6. The fraction of sp³-hybridized carbons (Fsp3) is 0.400. The number of carbonyl (C=O) groups is 2. The number of nitrogens with zero attached hydrogens (tertiary/aromatic N) is 2. The number of hydrogen-bond donors (Lipinski definition) is 0. The highest BCUT2D eigenvalue weighted by Gasteiger charge is 2.16. The summed E-state index contributed by atoms with van der Waals surface area (Å²) in [6.45, 7) is 11.4. The quantitative estimate of drug-likeness (QED) is 0.772. The van der Waals surface area contributed by atoms with Gasteiger partial charge in [-0.1, -0.05) is 11.1 Å². The molecule has 0 bridgehead atoms. The van der Waals surface area contributed by atoms with Crippen molar-refractivity contribution in [3.63, 3.8) is 0 Å². The Labute approximate surface area is 145 Å². The van der Waals surface area contributed by atoms with Crippen LogP contribution in [0.3, 0.4) is 0 Å². The second kappa shape index (κ2) is 7.95. The Hall–Kier alpha value is -2.36. The largest absolute Gasteiger partial charge is 0.312 e. The lowest BCUT2D eigenvalue weighted by Gasteiger charge is -2.21. The van der Waals surface area contributed by atoms with E-state index in [0.717, 1.165) is 33.7 Å². The first kappa shape index (κ1) is 19.7. The normalized spacial score (nSPS) is 10.0. The van der Waals surface area contributed by atoms with E-state index < -0.39 is 0 Å². The molecule has 0 fully saturated rings. The SMILES string of the molecule is CC(C)=C(C)C(=O)N(C)c1ccc(N(C)C(=O)C(C)=C(C)C)cc1. The molecule has 0 spiro atoms. The highest BCUT2D eigenvalue weighted by molar-refractivity contribution is 6.06. The molecule has 1 aromatic carbocycles. The average molecular weight is 328 g/mol. The fourth-order valence-electron chi connectivity index (χ4n) is 2.07. The first-order chi connectivity index (χ1) is 11.1. The number of likely N-dealkylation sites (N-methyl/N-ethyl adjacent to an activating group) is 2. The van der Waals surface area contributed by atoms with Gasteiger partial charge in [-0.3, -0.25) is 9.59 Å². The van der Waals surface area contributed by atoms with Gasteiger partial charge in [-0.2, -0.15) is 0 Å². The Morgan fingerprint density at radius 3 is 1.08 bits per heavy atom. The molecule has 0 saturated carbocycles. The van der Waals surface area contributed by atoms with Crippen LogP contribution in [0.4, 0.5) is 11.4 Å². The second-order valence-corrected chi connectivity index (χ2v) is 6.49. The molecule has 0 aliphatic carbocycles. The van der Waals surface area contributed by atoms with E-state index in [2.05, 4.69) is 0 Å². The van der Waals surface area contributed by atoms with Crippen molar-refractivity contribution in [3.05, 3.63) is 46.6 Å². The van der Waals surface area contributed by atoms with Crippen molar-refractivity contribution in [1.82, 2.24) is 0 Å². The number of hydrogen-bond acceptors (Lipinski definition) is 2. The topological polar surface area (TPSA) is 40.6 Å². The van der Waals surface area contributed by atoms with E-state index in [4.69, 9.17) is 0 Å². The van der Waals surface area contributed by atoms with E-state index in [0.29, 0.717) is 0 Å². The lowest BCUT2D eigenvalue weighted by Crippen LogP contribution is -2.28. The van der Waals surface area contributed by atoms with Gasteiger partial charge in [0.15, 0.2) is 0 Å². The van der Waals surface area contributed by atoms with Crippen LogP contribution in [0.2, 0.25) is 0 Å². The predicted molar refractivity (Wildman–Crippen MR) is 101 cm³/mol. The highest BCUT2D eigenvalue weighted by Crippen LogP contribution is 2.22.